The van der Waals surface area contributed by atoms with E-state index in [4.69, 9.17) is 19.0 Å². The van der Waals surface area contributed by atoms with E-state index in [1.165, 1.54) is 24.6 Å². The summed E-state index contributed by atoms with van der Waals surface area (Å²) in [6.07, 6.45) is 0.0996. The second-order valence-corrected chi connectivity index (χ2v) is 11.7. The number of esters is 1. The average Bonchev–Trinajstić information content (AvgIpc) is 3.48. The van der Waals surface area contributed by atoms with E-state index in [0.29, 0.717) is 39.3 Å². The maximum atomic E-state index is 14.5. The van der Waals surface area contributed by atoms with Gasteiger partial charge in [-0.25, -0.2) is 13.2 Å². The Morgan fingerprint density at radius 1 is 0.905 bits per heavy atom. The van der Waals surface area contributed by atoms with Gasteiger partial charge in [-0.15, -0.1) is 0 Å². The van der Waals surface area contributed by atoms with E-state index in [1.54, 1.807) is 57.2 Å². The van der Waals surface area contributed by atoms with Gasteiger partial charge in [0.05, 0.1) is 19.1 Å². The maximum absolute atomic E-state index is 14.5. The number of hydrogen-bond acceptors (Lipinski definition) is 7. The van der Waals surface area contributed by atoms with Gasteiger partial charge in [-0.05, 0) is 73.2 Å². The van der Waals surface area contributed by atoms with Crippen LogP contribution in [0.2, 0.25) is 0 Å². The van der Waals surface area contributed by atoms with Crippen LogP contribution in [-0.2, 0) is 32.5 Å². The molecule has 42 heavy (non-hydrogen) atoms. The third-order valence-corrected chi connectivity index (χ3v) is 9.40. The highest BCUT2D eigenvalue weighted by molar-refractivity contribution is 7.89. The summed E-state index contributed by atoms with van der Waals surface area (Å²) in [5.74, 6) is -1.11. The minimum absolute atomic E-state index is 0.0996. The fourth-order valence-electron chi connectivity index (χ4n) is 4.95. The number of aryl methyl sites for hydroxylation is 1. The van der Waals surface area contributed by atoms with Crippen LogP contribution in [0.1, 0.15) is 38.4 Å². The SMILES string of the molecule is COC(=O)C(Cc1ccccc1)N(Cc1ccc(-c2ccc(C(=O)O)o2)cc1)S(=O)(=O)c1c(C)cc(OC)c(C)c1C. The van der Waals surface area contributed by atoms with E-state index in [2.05, 4.69) is 0 Å². The third-order valence-electron chi connectivity index (χ3n) is 7.25. The standard InChI is InChI=1S/C32H33NO8S/c1-20-17-29(39-4)21(2)22(3)30(20)42(37,38)33(26(32(36)40-5)18-23-9-7-6-8-10-23)19-24-11-13-25(14-12-24)27-15-16-28(41-27)31(34)35/h6-17,26H,18-19H2,1-5H3,(H,34,35). The van der Waals surface area contributed by atoms with E-state index in [1.807, 2.05) is 30.3 Å². The molecule has 1 N–H and O–H groups in total. The topological polar surface area (TPSA) is 123 Å². The number of methoxy groups -OCH3 is 2. The Labute approximate surface area is 245 Å². The summed E-state index contributed by atoms with van der Waals surface area (Å²) in [7, 11) is -1.49. The molecule has 0 aliphatic carbocycles. The van der Waals surface area contributed by atoms with Crippen molar-refractivity contribution < 1.29 is 37.0 Å². The van der Waals surface area contributed by atoms with Crippen molar-refractivity contribution in [3.05, 3.63) is 106 Å². The van der Waals surface area contributed by atoms with E-state index in [9.17, 15) is 18.0 Å². The zero-order valence-corrected chi connectivity index (χ0v) is 24.9. The molecular weight excluding hydrogens is 558 g/mol. The highest BCUT2D eigenvalue weighted by atomic mass is 32.2. The molecule has 1 aromatic heterocycles. The maximum Gasteiger partial charge on any atom is 0.371 e. The number of carboxylic acid groups (broad SMARTS) is 1. The smallest absolute Gasteiger partial charge is 0.371 e. The summed E-state index contributed by atoms with van der Waals surface area (Å²) in [5, 5.41) is 9.17. The van der Waals surface area contributed by atoms with Crippen LogP contribution in [0, 0.1) is 20.8 Å². The fraction of sp³-hybridized carbons (Fsp3) is 0.250. The number of furan rings is 1. The molecule has 0 aliphatic rings. The molecule has 4 rings (SSSR count). The Kier molecular flexibility index (Phi) is 9.18. The third kappa shape index (κ3) is 6.24. The Morgan fingerprint density at radius 3 is 2.14 bits per heavy atom. The van der Waals surface area contributed by atoms with Crippen LogP contribution in [0.5, 0.6) is 5.75 Å². The van der Waals surface area contributed by atoms with Crippen molar-refractivity contribution in [3.8, 4) is 17.1 Å². The zero-order chi connectivity index (χ0) is 30.6. The second kappa shape index (κ2) is 12.6. The summed E-state index contributed by atoms with van der Waals surface area (Å²) in [5.41, 5.74) is 3.70. The van der Waals surface area contributed by atoms with Crippen molar-refractivity contribution in [2.75, 3.05) is 14.2 Å². The largest absolute Gasteiger partial charge is 0.496 e. The summed E-state index contributed by atoms with van der Waals surface area (Å²) in [6, 6.07) is 19.5. The summed E-state index contributed by atoms with van der Waals surface area (Å²) >= 11 is 0. The van der Waals surface area contributed by atoms with E-state index >= 15 is 0 Å². The molecule has 9 nitrogen and oxygen atoms in total. The lowest BCUT2D eigenvalue weighted by atomic mass is 10.0. The predicted octanol–water partition coefficient (Wildman–Crippen LogP) is 5.55. The first kappa shape index (κ1) is 30.5. The Bertz CT molecular complexity index is 1690. The second-order valence-electron chi connectivity index (χ2n) is 9.92. The molecule has 0 saturated heterocycles. The van der Waals surface area contributed by atoms with Crippen LogP contribution >= 0.6 is 0 Å². The fourth-order valence-corrected chi connectivity index (χ4v) is 7.00. The van der Waals surface area contributed by atoms with Crippen LogP contribution in [0.25, 0.3) is 11.3 Å². The van der Waals surface area contributed by atoms with Gasteiger partial charge in [0.2, 0.25) is 15.8 Å². The zero-order valence-electron chi connectivity index (χ0n) is 24.1. The first-order valence-electron chi connectivity index (χ1n) is 13.2. The highest BCUT2D eigenvalue weighted by Gasteiger charge is 2.39. The number of sulfonamides is 1. The number of aromatic carboxylic acids is 1. The van der Waals surface area contributed by atoms with Gasteiger partial charge in [0.15, 0.2) is 0 Å². The molecule has 3 aromatic carbocycles. The van der Waals surface area contributed by atoms with Gasteiger partial charge in [0.1, 0.15) is 17.6 Å². The number of carboxylic acids is 1. The van der Waals surface area contributed by atoms with Crippen molar-refractivity contribution >= 4 is 22.0 Å². The van der Waals surface area contributed by atoms with Crippen LogP contribution < -0.4 is 4.74 Å². The monoisotopic (exact) mass is 591 g/mol. The minimum atomic E-state index is -4.26. The number of carbonyl (C=O) groups is 2. The van der Waals surface area contributed by atoms with Gasteiger partial charge in [-0.3, -0.25) is 4.79 Å². The van der Waals surface area contributed by atoms with Gasteiger partial charge < -0.3 is 19.0 Å². The molecule has 0 radical (unpaired) electrons. The van der Waals surface area contributed by atoms with Gasteiger partial charge >= 0.3 is 11.9 Å². The molecule has 1 unspecified atom stereocenters. The van der Waals surface area contributed by atoms with Gasteiger partial charge in [0.25, 0.3) is 0 Å². The van der Waals surface area contributed by atoms with Gasteiger partial charge in [-0.1, -0.05) is 54.6 Å². The first-order chi connectivity index (χ1) is 20.0. The van der Waals surface area contributed by atoms with Crippen molar-refractivity contribution in [1.82, 2.24) is 4.31 Å². The molecule has 0 aliphatic heterocycles. The normalized spacial score (nSPS) is 12.2. The molecule has 10 heteroatoms. The lowest BCUT2D eigenvalue weighted by Crippen LogP contribution is -2.46. The molecule has 220 valence electrons. The molecular formula is C32H33NO8S. The van der Waals surface area contributed by atoms with Crippen molar-refractivity contribution in [3.63, 3.8) is 0 Å². The molecule has 0 fully saturated rings. The summed E-state index contributed by atoms with van der Waals surface area (Å²) < 4.78 is 46.3. The van der Waals surface area contributed by atoms with Gasteiger partial charge in [0, 0.05) is 12.1 Å². The Balaban J connectivity index is 1.81. The molecule has 1 heterocycles. The summed E-state index contributed by atoms with van der Waals surface area (Å²) in [4.78, 5) is 24.6. The van der Waals surface area contributed by atoms with Crippen molar-refractivity contribution in [1.29, 1.82) is 0 Å². The number of hydrogen-bond donors (Lipinski definition) is 1. The molecule has 4 aromatic rings. The molecule has 1 atom stereocenters. The molecule has 0 spiro atoms. The quantitative estimate of drug-likeness (QED) is 0.225. The molecule has 0 amide bonds. The first-order valence-corrected chi connectivity index (χ1v) is 14.6. The van der Waals surface area contributed by atoms with Crippen molar-refractivity contribution in [2.45, 2.75) is 44.7 Å². The Hall–Kier alpha value is -4.41. The van der Waals surface area contributed by atoms with Crippen LogP contribution in [0.3, 0.4) is 0 Å². The van der Waals surface area contributed by atoms with Gasteiger partial charge in [-0.2, -0.15) is 4.31 Å². The highest BCUT2D eigenvalue weighted by Crippen LogP contribution is 2.34. The van der Waals surface area contributed by atoms with E-state index < -0.39 is 28.0 Å². The predicted molar refractivity (Wildman–Crippen MR) is 157 cm³/mol. The minimum Gasteiger partial charge on any atom is -0.496 e. The number of benzene rings is 3. The Morgan fingerprint density at radius 2 is 1.57 bits per heavy atom. The van der Waals surface area contributed by atoms with Crippen LogP contribution in [-0.4, -0.2) is 50.0 Å². The summed E-state index contributed by atoms with van der Waals surface area (Å²) in [6.45, 7) is 5.09. The lowest BCUT2D eigenvalue weighted by molar-refractivity contribution is -0.145. The number of ether oxygens (including phenoxy) is 2. The van der Waals surface area contributed by atoms with Crippen LogP contribution in [0.15, 0.2) is 82.1 Å². The number of nitrogens with zero attached hydrogens (tertiary/aromatic N) is 1. The van der Waals surface area contributed by atoms with E-state index in [0.717, 1.165) is 5.56 Å². The van der Waals surface area contributed by atoms with Crippen LogP contribution in [0.4, 0.5) is 0 Å². The lowest BCUT2D eigenvalue weighted by Gasteiger charge is -2.31. The van der Waals surface area contributed by atoms with Crippen molar-refractivity contribution in [2.24, 2.45) is 0 Å². The number of rotatable bonds is 11. The molecule has 0 saturated carbocycles. The average molecular weight is 592 g/mol. The number of carbonyl (C=O) groups excluding carboxylic acids is 1. The van der Waals surface area contributed by atoms with E-state index in [-0.39, 0.29) is 23.6 Å². The molecule has 0 bridgehead atoms.